The molecule has 1 saturated heterocycles. The number of ether oxygens (including phenoxy) is 2. The Morgan fingerprint density at radius 1 is 1.33 bits per heavy atom. The van der Waals surface area contributed by atoms with Crippen molar-refractivity contribution in [3.63, 3.8) is 0 Å². The van der Waals surface area contributed by atoms with E-state index in [0.29, 0.717) is 5.95 Å². The minimum Gasteiger partial charge on any atom is -0.461 e. The third-order valence-electron chi connectivity index (χ3n) is 3.14. The summed E-state index contributed by atoms with van der Waals surface area (Å²) < 4.78 is 11.3. The number of hydrogen-bond acceptors (Lipinski definition) is 6. The highest BCUT2D eigenvalue weighted by atomic mass is 35.5. The molecule has 1 atom stereocenters. The summed E-state index contributed by atoms with van der Waals surface area (Å²) >= 11 is 5.97. The van der Waals surface area contributed by atoms with Crippen LogP contribution in [0.1, 0.15) is 40.0 Å². The number of piperidine rings is 1. The van der Waals surface area contributed by atoms with Gasteiger partial charge in [0.25, 0.3) is 0 Å². The summed E-state index contributed by atoms with van der Waals surface area (Å²) in [4.78, 5) is 14.7. The first-order chi connectivity index (χ1) is 10.1. The molecule has 1 aliphatic rings. The van der Waals surface area contributed by atoms with Crippen molar-refractivity contribution in [2.24, 2.45) is 0 Å². The van der Waals surface area contributed by atoms with Gasteiger partial charge in [0, 0.05) is 19.7 Å². The molecular formula is C14H23ClN4O2. The predicted molar refractivity (Wildman–Crippen MR) is 82.1 cm³/mol. The number of halogens is 1. The molecule has 0 aliphatic carbocycles. The highest BCUT2D eigenvalue weighted by Gasteiger charge is 2.23. The maximum atomic E-state index is 5.97. The average Bonchev–Trinajstić information content (AvgIpc) is 2.44. The number of rotatable bonds is 6. The topological polar surface area (TPSA) is 60.4 Å². The van der Waals surface area contributed by atoms with E-state index >= 15 is 0 Å². The van der Waals surface area contributed by atoms with Gasteiger partial charge in [-0.2, -0.15) is 15.0 Å². The minimum absolute atomic E-state index is 0.00157. The van der Waals surface area contributed by atoms with Crippen LogP contribution in [0.2, 0.25) is 5.28 Å². The third-order valence-corrected chi connectivity index (χ3v) is 3.30. The fourth-order valence-electron chi connectivity index (χ4n) is 2.27. The van der Waals surface area contributed by atoms with Gasteiger partial charge >= 0.3 is 6.01 Å². The zero-order valence-corrected chi connectivity index (χ0v) is 13.6. The first-order valence-corrected chi connectivity index (χ1v) is 7.91. The van der Waals surface area contributed by atoms with E-state index in [0.717, 1.165) is 39.0 Å². The monoisotopic (exact) mass is 314 g/mol. The van der Waals surface area contributed by atoms with Gasteiger partial charge in [-0.3, -0.25) is 0 Å². The van der Waals surface area contributed by atoms with Crippen molar-refractivity contribution in [1.29, 1.82) is 0 Å². The molecular weight excluding hydrogens is 292 g/mol. The molecule has 0 N–H and O–H groups in total. The first-order valence-electron chi connectivity index (χ1n) is 7.53. The maximum Gasteiger partial charge on any atom is 0.322 e. The van der Waals surface area contributed by atoms with Gasteiger partial charge in [0.05, 0.1) is 12.2 Å². The molecule has 0 saturated carbocycles. The highest BCUT2D eigenvalue weighted by Crippen LogP contribution is 2.21. The molecule has 2 heterocycles. The smallest absolute Gasteiger partial charge is 0.322 e. The molecule has 7 heteroatoms. The molecule has 0 spiro atoms. The van der Waals surface area contributed by atoms with Gasteiger partial charge < -0.3 is 14.4 Å². The Kier molecular flexibility index (Phi) is 5.99. The third kappa shape index (κ3) is 4.97. The Bertz CT molecular complexity index is 459. The second-order valence-corrected chi connectivity index (χ2v) is 5.77. The van der Waals surface area contributed by atoms with Gasteiger partial charge in [-0.15, -0.1) is 0 Å². The molecule has 0 aromatic carbocycles. The van der Waals surface area contributed by atoms with Crippen LogP contribution in [0.5, 0.6) is 6.01 Å². The number of anilines is 1. The minimum atomic E-state index is -0.00157. The lowest BCUT2D eigenvalue weighted by Gasteiger charge is -2.32. The lowest BCUT2D eigenvalue weighted by Crippen LogP contribution is -2.40. The van der Waals surface area contributed by atoms with Crippen molar-refractivity contribution in [3.05, 3.63) is 5.28 Å². The van der Waals surface area contributed by atoms with Crippen molar-refractivity contribution in [3.8, 4) is 6.01 Å². The van der Waals surface area contributed by atoms with Crippen LogP contribution in [0.15, 0.2) is 0 Å². The normalized spacial score (nSPS) is 19.1. The number of nitrogens with zero attached hydrogens (tertiary/aromatic N) is 4. The first kappa shape index (κ1) is 16.2. The molecule has 2 rings (SSSR count). The van der Waals surface area contributed by atoms with Crippen molar-refractivity contribution < 1.29 is 9.47 Å². The summed E-state index contributed by atoms with van der Waals surface area (Å²) in [6.07, 6.45) is 3.38. The highest BCUT2D eigenvalue weighted by molar-refractivity contribution is 6.28. The second-order valence-electron chi connectivity index (χ2n) is 5.43. The van der Waals surface area contributed by atoms with E-state index < -0.39 is 0 Å². The molecule has 0 bridgehead atoms. The molecule has 1 aromatic rings. The van der Waals surface area contributed by atoms with Crippen LogP contribution in [-0.4, -0.2) is 46.9 Å². The molecule has 1 unspecified atom stereocenters. The van der Waals surface area contributed by atoms with Crippen molar-refractivity contribution in [2.45, 2.75) is 52.2 Å². The maximum absolute atomic E-state index is 5.97. The average molecular weight is 315 g/mol. The van der Waals surface area contributed by atoms with Gasteiger partial charge in [0.1, 0.15) is 0 Å². The second kappa shape index (κ2) is 7.75. The van der Waals surface area contributed by atoms with E-state index in [1.165, 1.54) is 0 Å². The Balaban J connectivity index is 2.07. The zero-order valence-electron chi connectivity index (χ0n) is 12.9. The Morgan fingerprint density at radius 3 is 2.86 bits per heavy atom. The Labute approximate surface area is 130 Å². The Morgan fingerprint density at radius 2 is 2.14 bits per heavy atom. The van der Waals surface area contributed by atoms with Crippen LogP contribution < -0.4 is 9.64 Å². The van der Waals surface area contributed by atoms with E-state index in [-0.39, 0.29) is 23.5 Å². The van der Waals surface area contributed by atoms with E-state index in [1.54, 1.807) is 0 Å². The standard InChI is InChI=1S/C14H23ClN4O2/c1-4-8-20-11-6-5-7-19(9-11)13-16-12(15)17-14(18-13)21-10(2)3/h10-11H,4-9H2,1-3H3. The lowest BCUT2D eigenvalue weighted by molar-refractivity contribution is 0.0437. The SMILES string of the molecule is CCCOC1CCCN(c2nc(Cl)nc(OC(C)C)n2)C1. The van der Waals surface area contributed by atoms with Gasteiger partial charge in [-0.05, 0) is 44.7 Å². The van der Waals surface area contributed by atoms with E-state index in [2.05, 4.69) is 26.8 Å². The molecule has 0 amide bonds. The number of aromatic nitrogens is 3. The largest absolute Gasteiger partial charge is 0.461 e. The van der Waals surface area contributed by atoms with Gasteiger partial charge in [0.2, 0.25) is 11.2 Å². The summed E-state index contributed by atoms with van der Waals surface area (Å²) in [5.74, 6) is 0.565. The molecule has 0 radical (unpaired) electrons. The lowest BCUT2D eigenvalue weighted by atomic mass is 10.1. The molecule has 21 heavy (non-hydrogen) atoms. The molecule has 1 fully saturated rings. The fraction of sp³-hybridized carbons (Fsp3) is 0.786. The summed E-state index contributed by atoms with van der Waals surface area (Å²) in [5.41, 5.74) is 0. The van der Waals surface area contributed by atoms with Crippen LogP contribution >= 0.6 is 11.6 Å². The molecule has 6 nitrogen and oxygen atoms in total. The van der Waals surface area contributed by atoms with Gasteiger partial charge in [0.15, 0.2) is 0 Å². The summed E-state index contributed by atoms with van der Waals surface area (Å²) in [6, 6.07) is 0.275. The van der Waals surface area contributed by atoms with E-state index in [9.17, 15) is 0 Å². The van der Waals surface area contributed by atoms with Crippen LogP contribution in [0.3, 0.4) is 0 Å². The van der Waals surface area contributed by atoms with Crippen molar-refractivity contribution in [1.82, 2.24) is 15.0 Å². The van der Waals surface area contributed by atoms with Gasteiger partial charge in [-0.1, -0.05) is 6.92 Å². The molecule has 1 aromatic heterocycles. The summed E-state index contributed by atoms with van der Waals surface area (Å²) in [7, 11) is 0. The number of hydrogen-bond donors (Lipinski definition) is 0. The summed E-state index contributed by atoms with van der Waals surface area (Å²) in [5, 5.41) is 0.159. The van der Waals surface area contributed by atoms with Crippen LogP contribution in [0, 0.1) is 0 Å². The fourth-order valence-corrected chi connectivity index (χ4v) is 2.42. The quantitative estimate of drug-likeness (QED) is 0.804. The van der Waals surface area contributed by atoms with Crippen LogP contribution in [0.25, 0.3) is 0 Å². The Hall–Kier alpha value is -1.14. The van der Waals surface area contributed by atoms with Gasteiger partial charge in [-0.25, -0.2) is 0 Å². The van der Waals surface area contributed by atoms with E-state index in [4.69, 9.17) is 21.1 Å². The van der Waals surface area contributed by atoms with E-state index in [1.807, 2.05) is 13.8 Å². The predicted octanol–water partition coefficient (Wildman–Crippen LogP) is 2.71. The van der Waals surface area contributed by atoms with Crippen molar-refractivity contribution >= 4 is 17.5 Å². The van der Waals surface area contributed by atoms with Crippen LogP contribution in [-0.2, 0) is 4.74 Å². The molecule has 118 valence electrons. The zero-order chi connectivity index (χ0) is 15.2. The molecule has 1 aliphatic heterocycles. The van der Waals surface area contributed by atoms with Crippen molar-refractivity contribution in [2.75, 3.05) is 24.6 Å². The summed E-state index contributed by atoms with van der Waals surface area (Å²) in [6.45, 7) is 8.43. The van der Waals surface area contributed by atoms with Crippen LogP contribution in [0.4, 0.5) is 5.95 Å².